The van der Waals surface area contributed by atoms with Crippen LogP contribution >= 0.6 is 0 Å². The molecule has 3 rings (SSSR count). The zero-order chi connectivity index (χ0) is 18.4. The molecule has 3 nitrogen and oxygen atoms in total. The SMILES string of the molecule is Cc1ccc(C(CNCC(=O)c2ccc(F)cc2)N2CCCCC2)cc1. The van der Waals surface area contributed by atoms with Crippen LogP contribution in [0.1, 0.15) is 46.8 Å². The van der Waals surface area contributed by atoms with Crippen molar-refractivity contribution in [3.8, 4) is 0 Å². The van der Waals surface area contributed by atoms with Crippen LogP contribution in [0.2, 0.25) is 0 Å². The highest BCUT2D eigenvalue weighted by Crippen LogP contribution is 2.24. The number of carbonyl (C=O) groups excluding carboxylic acids is 1. The molecule has 2 aromatic carbocycles. The molecular weight excluding hydrogens is 327 g/mol. The topological polar surface area (TPSA) is 32.3 Å². The minimum absolute atomic E-state index is 0.00806. The van der Waals surface area contributed by atoms with Gasteiger partial charge in [0.2, 0.25) is 0 Å². The van der Waals surface area contributed by atoms with Crippen molar-refractivity contribution < 1.29 is 9.18 Å². The number of ketones is 1. The molecule has 0 amide bonds. The standard InChI is InChI=1S/C22H27FN2O/c1-17-5-7-18(8-6-17)21(25-13-3-2-4-14-25)15-24-16-22(26)19-9-11-20(23)12-10-19/h5-12,21,24H,2-4,13-16H2,1H3. The van der Waals surface area contributed by atoms with Gasteiger partial charge in [-0.15, -0.1) is 0 Å². The lowest BCUT2D eigenvalue weighted by molar-refractivity contribution is 0.0983. The summed E-state index contributed by atoms with van der Waals surface area (Å²) in [5.41, 5.74) is 3.09. The fourth-order valence-corrected chi connectivity index (χ4v) is 3.54. The minimum Gasteiger partial charge on any atom is -0.308 e. The lowest BCUT2D eigenvalue weighted by atomic mass is 10.0. The van der Waals surface area contributed by atoms with Gasteiger partial charge in [0.1, 0.15) is 5.82 Å². The van der Waals surface area contributed by atoms with E-state index in [-0.39, 0.29) is 24.2 Å². The van der Waals surface area contributed by atoms with Gasteiger partial charge in [0.05, 0.1) is 6.54 Å². The number of Topliss-reactive ketones (excluding diaryl/α,β-unsaturated/α-hetero) is 1. The Morgan fingerprint density at radius 2 is 1.69 bits per heavy atom. The molecule has 0 aliphatic carbocycles. The van der Waals surface area contributed by atoms with Crippen LogP contribution in [0.4, 0.5) is 4.39 Å². The first-order chi connectivity index (χ1) is 12.6. The van der Waals surface area contributed by atoms with E-state index in [1.165, 1.54) is 42.5 Å². The lowest BCUT2D eigenvalue weighted by Crippen LogP contribution is -2.40. The van der Waals surface area contributed by atoms with E-state index in [9.17, 15) is 9.18 Å². The van der Waals surface area contributed by atoms with Gasteiger partial charge in [-0.1, -0.05) is 36.2 Å². The first kappa shape index (κ1) is 18.7. The molecule has 1 heterocycles. The second-order valence-corrected chi connectivity index (χ2v) is 7.08. The first-order valence-corrected chi connectivity index (χ1v) is 9.43. The summed E-state index contributed by atoms with van der Waals surface area (Å²) in [5, 5.41) is 3.32. The summed E-state index contributed by atoms with van der Waals surface area (Å²) in [7, 11) is 0. The first-order valence-electron chi connectivity index (χ1n) is 9.43. The summed E-state index contributed by atoms with van der Waals surface area (Å²) in [4.78, 5) is 14.8. The van der Waals surface area contributed by atoms with Gasteiger partial charge in [0.15, 0.2) is 5.78 Å². The number of halogens is 1. The molecule has 1 N–H and O–H groups in total. The van der Waals surface area contributed by atoms with Crippen molar-refractivity contribution in [3.63, 3.8) is 0 Å². The third kappa shape index (κ3) is 4.99. The highest BCUT2D eigenvalue weighted by molar-refractivity contribution is 5.97. The molecule has 1 unspecified atom stereocenters. The second-order valence-electron chi connectivity index (χ2n) is 7.08. The Kier molecular flexibility index (Phi) is 6.53. The van der Waals surface area contributed by atoms with E-state index in [2.05, 4.69) is 41.4 Å². The van der Waals surface area contributed by atoms with Gasteiger partial charge >= 0.3 is 0 Å². The average Bonchev–Trinajstić information content (AvgIpc) is 2.67. The molecule has 138 valence electrons. The Morgan fingerprint density at radius 1 is 1.04 bits per heavy atom. The van der Waals surface area contributed by atoms with E-state index >= 15 is 0 Å². The smallest absolute Gasteiger partial charge is 0.176 e. The molecule has 0 bridgehead atoms. The van der Waals surface area contributed by atoms with Crippen molar-refractivity contribution in [2.45, 2.75) is 32.2 Å². The van der Waals surface area contributed by atoms with Crippen LogP contribution in [0.3, 0.4) is 0 Å². The molecule has 0 spiro atoms. The largest absolute Gasteiger partial charge is 0.308 e. The molecule has 0 saturated carbocycles. The Labute approximate surface area is 155 Å². The number of rotatable bonds is 7. The lowest BCUT2D eigenvalue weighted by Gasteiger charge is -2.35. The fraction of sp³-hybridized carbons (Fsp3) is 0.409. The quantitative estimate of drug-likeness (QED) is 0.759. The summed E-state index contributed by atoms with van der Waals surface area (Å²) < 4.78 is 13.0. The molecule has 0 radical (unpaired) electrons. The third-order valence-electron chi connectivity index (χ3n) is 5.08. The van der Waals surface area contributed by atoms with E-state index < -0.39 is 0 Å². The molecule has 1 fully saturated rings. The summed E-state index contributed by atoms with van der Waals surface area (Å²) in [6, 6.07) is 14.7. The van der Waals surface area contributed by atoms with Crippen LogP contribution in [0.5, 0.6) is 0 Å². The van der Waals surface area contributed by atoms with Crippen LogP contribution in [0.15, 0.2) is 48.5 Å². The Morgan fingerprint density at radius 3 is 2.35 bits per heavy atom. The normalized spacial score (nSPS) is 16.4. The number of hydrogen-bond donors (Lipinski definition) is 1. The summed E-state index contributed by atoms with van der Waals surface area (Å²) >= 11 is 0. The molecule has 1 atom stereocenters. The van der Waals surface area contributed by atoms with Crippen molar-refractivity contribution in [1.82, 2.24) is 10.2 Å². The van der Waals surface area contributed by atoms with Crippen LogP contribution in [0, 0.1) is 12.7 Å². The van der Waals surface area contributed by atoms with Crippen molar-refractivity contribution in [3.05, 3.63) is 71.0 Å². The number of likely N-dealkylation sites (tertiary alicyclic amines) is 1. The monoisotopic (exact) mass is 354 g/mol. The molecule has 26 heavy (non-hydrogen) atoms. The summed E-state index contributed by atoms with van der Waals surface area (Å²) in [6.45, 7) is 5.30. The number of nitrogens with one attached hydrogen (secondary N) is 1. The minimum atomic E-state index is -0.320. The van der Waals surface area contributed by atoms with E-state index in [1.54, 1.807) is 12.1 Å². The molecule has 0 aromatic heterocycles. The van der Waals surface area contributed by atoms with Crippen LogP contribution < -0.4 is 5.32 Å². The molecule has 4 heteroatoms. The van der Waals surface area contributed by atoms with Crippen LogP contribution in [-0.4, -0.2) is 36.9 Å². The highest BCUT2D eigenvalue weighted by atomic mass is 19.1. The number of hydrogen-bond acceptors (Lipinski definition) is 3. The maximum absolute atomic E-state index is 13.0. The molecular formula is C22H27FN2O. The predicted molar refractivity (Wildman–Crippen MR) is 103 cm³/mol. The van der Waals surface area contributed by atoms with Gasteiger partial charge in [-0.25, -0.2) is 4.39 Å². The van der Waals surface area contributed by atoms with Gasteiger partial charge in [-0.2, -0.15) is 0 Å². The Bertz CT molecular complexity index is 706. The zero-order valence-electron chi connectivity index (χ0n) is 15.4. The van der Waals surface area contributed by atoms with Gasteiger partial charge in [-0.3, -0.25) is 9.69 Å². The number of carbonyl (C=O) groups is 1. The van der Waals surface area contributed by atoms with Crippen molar-refractivity contribution in [1.29, 1.82) is 0 Å². The Balaban J connectivity index is 1.62. The highest BCUT2D eigenvalue weighted by Gasteiger charge is 2.22. The predicted octanol–water partition coefficient (Wildman–Crippen LogP) is 4.13. The van der Waals surface area contributed by atoms with Gasteiger partial charge < -0.3 is 5.32 Å². The van der Waals surface area contributed by atoms with Crippen molar-refractivity contribution >= 4 is 5.78 Å². The van der Waals surface area contributed by atoms with Crippen LogP contribution in [0.25, 0.3) is 0 Å². The van der Waals surface area contributed by atoms with Crippen LogP contribution in [-0.2, 0) is 0 Å². The molecule has 1 aliphatic rings. The number of aryl methyl sites for hydroxylation is 1. The van der Waals surface area contributed by atoms with Crippen molar-refractivity contribution in [2.75, 3.05) is 26.2 Å². The van der Waals surface area contributed by atoms with E-state index in [0.29, 0.717) is 5.56 Å². The zero-order valence-corrected chi connectivity index (χ0v) is 15.4. The molecule has 2 aromatic rings. The fourth-order valence-electron chi connectivity index (χ4n) is 3.54. The number of nitrogens with zero attached hydrogens (tertiary/aromatic N) is 1. The van der Waals surface area contributed by atoms with E-state index in [0.717, 1.165) is 19.6 Å². The van der Waals surface area contributed by atoms with Gasteiger partial charge in [-0.05, 0) is 62.7 Å². The number of benzene rings is 2. The summed E-state index contributed by atoms with van der Waals surface area (Å²) in [5.74, 6) is -0.328. The maximum atomic E-state index is 13.0. The number of piperidine rings is 1. The van der Waals surface area contributed by atoms with E-state index in [4.69, 9.17) is 0 Å². The molecule has 1 aliphatic heterocycles. The second kappa shape index (κ2) is 9.06. The Hall–Kier alpha value is -2.04. The average molecular weight is 354 g/mol. The summed E-state index contributed by atoms with van der Waals surface area (Å²) in [6.07, 6.45) is 3.77. The van der Waals surface area contributed by atoms with Crippen molar-refractivity contribution in [2.24, 2.45) is 0 Å². The maximum Gasteiger partial charge on any atom is 0.176 e. The van der Waals surface area contributed by atoms with Gasteiger partial charge in [0.25, 0.3) is 0 Å². The van der Waals surface area contributed by atoms with Gasteiger partial charge in [0, 0.05) is 18.2 Å². The van der Waals surface area contributed by atoms with E-state index in [1.807, 2.05) is 0 Å². The molecule has 1 saturated heterocycles. The third-order valence-corrected chi connectivity index (χ3v) is 5.08.